The summed E-state index contributed by atoms with van der Waals surface area (Å²) in [7, 11) is 1.59. The first-order valence-corrected chi connectivity index (χ1v) is 8.37. The second kappa shape index (κ2) is 7.81. The first-order valence-electron chi connectivity index (χ1n) is 7.58. The van der Waals surface area contributed by atoms with Gasteiger partial charge in [0.2, 0.25) is 0 Å². The number of carbonyl (C=O) groups is 1. The number of anilines is 3. The monoisotopic (exact) mass is 397 g/mol. The van der Waals surface area contributed by atoms with E-state index in [0.717, 1.165) is 10.2 Å². The van der Waals surface area contributed by atoms with E-state index in [4.69, 9.17) is 4.74 Å². The van der Waals surface area contributed by atoms with E-state index >= 15 is 0 Å². The molecule has 3 aromatic rings. The summed E-state index contributed by atoms with van der Waals surface area (Å²) in [5, 5.41) is 6.01. The van der Waals surface area contributed by atoms with Gasteiger partial charge in [-0.25, -0.2) is 4.98 Å². The molecule has 5 nitrogen and oxygen atoms in total. The Kier molecular flexibility index (Phi) is 5.30. The molecule has 0 fully saturated rings. The quantitative estimate of drug-likeness (QED) is 0.645. The lowest BCUT2D eigenvalue weighted by Crippen LogP contribution is -2.12. The molecule has 0 unspecified atom stereocenters. The molecule has 0 aliphatic carbocycles. The van der Waals surface area contributed by atoms with E-state index in [2.05, 4.69) is 31.5 Å². The number of pyridine rings is 1. The Morgan fingerprint density at radius 1 is 1.04 bits per heavy atom. The van der Waals surface area contributed by atoms with E-state index in [9.17, 15) is 4.79 Å². The molecule has 2 aromatic carbocycles. The van der Waals surface area contributed by atoms with Gasteiger partial charge >= 0.3 is 0 Å². The van der Waals surface area contributed by atoms with Crippen LogP contribution in [-0.4, -0.2) is 18.0 Å². The summed E-state index contributed by atoms with van der Waals surface area (Å²) in [4.78, 5) is 16.6. The maximum atomic E-state index is 12.3. The van der Waals surface area contributed by atoms with Crippen LogP contribution in [0.3, 0.4) is 0 Å². The van der Waals surface area contributed by atoms with E-state index in [0.29, 0.717) is 22.8 Å². The van der Waals surface area contributed by atoms with E-state index in [1.807, 2.05) is 36.4 Å². The van der Waals surface area contributed by atoms with Crippen molar-refractivity contribution in [3.05, 3.63) is 76.9 Å². The summed E-state index contributed by atoms with van der Waals surface area (Å²) in [5.74, 6) is 1.12. The Hall–Kier alpha value is -2.86. The van der Waals surface area contributed by atoms with Gasteiger partial charge in [-0.05, 0) is 42.5 Å². The third-order valence-corrected chi connectivity index (χ3v) is 3.94. The minimum absolute atomic E-state index is 0.227. The molecular formula is C19H16BrN3O2. The number of rotatable bonds is 5. The zero-order valence-electron chi connectivity index (χ0n) is 13.5. The van der Waals surface area contributed by atoms with Crippen LogP contribution in [0.1, 0.15) is 10.4 Å². The molecule has 6 heteroatoms. The topological polar surface area (TPSA) is 63.2 Å². The fraction of sp³-hybridized carbons (Fsp3) is 0.0526. The predicted octanol–water partition coefficient (Wildman–Crippen LogP) is 4.85. The van der Waals surface area contributed by atoms with Gasteiger partial charge in [-0.1, -0.05) is 28.1 Å². The van der Waals surface area contributed by atoms with Crippen molar-refractivity contribution in [1.82, 2.24) is 4.98 Å². The summed E-state index contributed by atoms with van der Waals surface area (Å²) in [6.07, 6.45) is 1.54. The van der Waals surface area contributed by atoms with E-state index in [1.165, 1.54) is 6.20 Å². The van der Waals surface area contributed by atoms with Gasteiger partial charge in [-0.3, -0.25) is 4.79 Å². The van der Waals surface area contributed by atoms with Crippen molar-refractivity contribution in [2.24, 2.45) is 0 Å². The molecule has 2 N–H and O–H groups in total. The van der Waals surface area contributed by atoms with Crippen molar-refractivity contribution < 1.29 is 9.53 Å². The van der Waals surface area contributed by atoms with Gasteiger partial charge in [0.05, 0.1) is 12.7 Å². The van der Waals surface area contributed by atoms with Gasteiger partial charge in [0, 0.05) is 28.1 Å². The summed E-state index contributed by atoms with van der Waals surface area (Å²) < 4.78 is 6.13. The highest BCUT2D eigenvalue weighted by Gasteiger charge is 2.07. The summed E-state index contributed by atoms with van der Waals surface area (Å²) >= 11 is 3.43. The van der Waals surface area contributed by atoms with Crippen LogP contribution in [0.5, 0.6) is 5.75 Å². The molecule has 0 radical (unpaired) electrons. The molecule has 1 aromatic heterocycles. The van der Waals surface area contributed by atoms with E-state index < -0.39 is 0 Å². The number of benzene rings is 2. The highest BCUT2D eigenvalue weighted by Crippen LogP contribution is 2.20. The van der Waals surface area contributed by atoms with Crippen molar-refractivity contribution in [2.75, 3.05) is 17.7 Å². The van der Waals surface area contributed by atoms with Gasteiger partial charge in [0.15, 0.2) is 0 Å². The maximum absolute atomic E-state index is 12.3. The predicted molar refractivity (Wildman–Crippen MR) is 103 cm³/mol. The number of hydrogen-bond donors (Lipinski definition) is 2. The lowest BCUT2D eigenvalue weighted by molar-refractivity contribution is 0.102. The zero-order valence-corrected chi connectivity index (χ0v) is 15.1. The molecule has 0 saturated heterocycles. The molecule has 1 amide bonds. The second-order valence-corrected chi connectivity index (χ2v) is 6.17. The summed E-state index contributed by atoms with van der Waals surface area (Å²) in [5.41, 5.74) is 2.05. The largest absolute Gasteiger partial charge is 0.497 e. The Bertz CT molecular complexity index is 882. The Balaban J connectivity index is 1.67. The minimum atomic E-state index is -0.227. The number of aromatic nitrogens is 1. The lowest BCUT2D eigenvalue weighted by Gasteiger charge is -2.08. The number of carbonyl (C=O) groups excluding carboxylic acids is 1. The van der Waals surface area contributed by atoms with Gasteiger partial charge in [0.25, 0.3) is 5.91 Å². The maximum Gasteiger partial charge on any atom is 0.257 e. The number of ether oxygens (including phenoxy) is 1. The van der Waals surface area contributed by atoms with Crippen molar-refractivity contribution in [3.63, 3.8) is 0 Å². The average molecular weight is 398 g/mol. The summed E-state index contributed by atoms with van der Waals surface area (Å²) in [6.45, 7) is 0. The zero-order chi connectivity index (χ0) is 17.6. The molecule has 0 spiro atoms. The second-order valence-electron chi connectivity index (χ2n) is 5.25. The van der Waals surface area contributed by atoms with Gasteiger partial charge in [-0.2, -0.15) is 0 Å². The van der Waals surface area contributed by atoms with Gasteiger partial charge < -0.3 is 15.4 Å². The highest BCUT2D eigenvalue weighted by atomic mass is 79.9. The molecule has 0 atom stereocenters. The van der Waals surface area contributed by atoms with E-state index in [1.54, 1.807) is 31.4 Å². The summed E-state index contributed by atoms with van der Waals surface area (Å²) in [6, 6.07) is 18.5. The third-order valence-electron chi connectivity index (χ3n) is 3.45. The van der Waals surface area contributed by atoms with Crippen LogP contribution in [-0.2, 0) is 0 Å². The number of hydrogen-bond acceptors (Lipinski definition) is 4. The highest BCUT2D eigenvalue weighted by molar-refractivity contribution is 9.10. The van der Waals surface area contributed by atoms with Crippen molar-refractivity contribution in [1.29, 1.82) is 0 Å². The molecule has 1 heterocycles. The van der Waals surface area contributed by atoms with Crippen molar-refractivity contribution in [3.8, 4) is 5.75 Å². The molecule has 126 valence electrons. The third kappa shape index (κ3) is 4.58. The standard InChI is InChI=1S/C19H16BrN3O2/c1-25-17-7-3-6-16(11-17)23-19(24)13-8-9-18(21-12-13)22-15-5-2-4-14(20)10-15/h2-12H,1H3,(H,21,22)(H,23,24). The van der Waals surface area contributed by atoms with Crippen LogP contribution >= 0.6 is 15.9 Å². The smallest absolute Gasteiger partial charge is 0.257 e. The fourth-order valence-electron chi connectivity index (χ4n) is 2.22. The van der Waals surface area contributed by atoms with Crippen LogP contribution in [0, 0.1) is 0 Å². The minimum Gasteiger partial charge on any atom is -0.497 e. The Labute approximate surface area is 154 Å². The van der Waals surface area contributed by atoms with Crippen molar-refractivity contribution in [2.45, 2.75) is 0 Å². The van der Waals surface area contributed by atoms with Crippen LogP contribution in [0.2, 0.25) is 0 Å². The Morgan fingerprint density at radius 2 is 1.84 bits per heavy atom. The molecule has 0 saturated carbocycles. The Morgan fingerprint density at radius 3 is 2.56 bits per heavy atom. The number of methoxy groups -OCH3 is 1. The average Bonchev–Trinajstić information content (AvgIpc) is 2.62. The van der Waals surface area contributed by atoms with E-state index in [-0.39, 0.29) is 5.91 Å². The van der Waals surface area contributed by atoms with Crippen LogP contribution < -0.4 is 15.4 Å². The number of amides is 1. The first-order chi connectivity index (χ1) is 12.1. The molecule has 0 aliphatic rings. The molecule has 3 rings (SSSR count). The fourth-order valence-corrected chi connectivity index (χ4v) is 2.62. The van der Waals surface area contributed by atoms with Crippen LogP contribution in [0.15, 0.2) is 71.3 Å². The molecule has 25 heavy (non-hydrogen) atoms. The van der Waals surface area contributed by atoms with Crippen LogP contribution in [0.25, 0.3) is 0 Å². The first kappa shape index (κ1) is 17.0. The van der Waals surface area contributed by atoms with Crippen LogP contribution in [0.4, 0.5) is 17.2 Å². The lowest BCUT2D eigenvalue weighted by atomic mass is 10.2. The number of nitrogens with one attached hydrogen (secondary N) is 2. The number of nitrogens with zero attached hydrogens (tertiary/aromatic N) is 1. The van der Waals surface area contributed by atoms with Gasteiger partial charge in [-0.15, -0.1) is 0 Å². The van der Waals surface area contributed by atoms with Crippen molar-refractivity contribution >= 4 is 39.0 Å². The normalized spacial score (nSPS) is 10.2. The molecule has 0 aliphatic heterocycles. The molecule has 0 bridgehead atoms. The molecular weight excluding hydrogens is 382 g/mol. The van der Waals surface area contributed by atoms with Gasteiger partial charge in [0.1, 0.15) is 11.6 Å². The SMILES string of the molecule is COc1cccc(NC(=O)c2ccc(Nc3cccc(Br)c3)nc2)c1. The number of halogens is 1.